The molecule has 0 saturated heterocycles. The molecule has 16 heavy (non-hydrogen) atoms. The van der Waals surface area contributed by atoms with Gasteiger partial charge in [-0.15, -0.1) is 0 Å². The number of nitrogens with zero attached hydrogens (tertiary/aromatic N) is 1. The first-order chi connectivity index (χ1) is 7.65. The van der Waals surface area contributed by atoms with Crippen LogP contribution in [0.5, 0.6) is 0 Å². The molecule has 0 saturated carbocycles. The molecule has 0 aliphatic rings. The highest BCUT2D eigenvalue weighted by Crippen LogP contribution is 2.25. The van der Waals surface area contributed by atoms with E-state index in [9.17, 15) is 0 Å². The maximum atomic E-state index is 5.98. The second-order valence-corrected chi connectivity index (χ2v) is 4.07. The number of hydrogen-bond donors (Lipinski definition) is 2. The van der Waals surface area contributed by atoms with Crippen LogP contribution in [0.3, 0.4) is 0 Å². The van der Waals surface area contributed by atoms with Gasteiger partial charge in [-0.3, -0.25) is 0 Å². The number of pyridine rings is 1. The second-order valence-electron chi connectivity index (χ2n) is 3.23. The van der Waals surface area contributed by atoms with Gasteiger partial charge in [-0.2, -0.15) is 0 Å². The SMILES string of the molecule is Nc1cnc(Nc2ccc(Cl)cc2)c(Cl)c1. The van der Waals surface area contributed by atoms with Gasteiger partial charge in [-0.05, 0) is 30.3 Å². The Bertz CT molecular complexity index is 497. The van der Waals surface area contributed by atoms with Gasteiger partial charge in [-0.1, -0.05) is 23.2 Å². The van der Waals surface area contributed by atoms with E-state index in [1.807, 2.05) is 12.1 Å². The zero-order chi connectivity index (χ0) is 11.5. The van der Waals surface area contributed by atoms with Crippen molar-refractivity contribution in [2.75, 3.05) is 11.1 Å². The number of nitrogens with one attached hydrogen (secondary N) is 1. The average molecular weight is 254 g/mol. The normalized spacial score (nSPS) is 10.1. The summed E-state index contributed by atoms with van der Waals surface area (Å²) >= 11 is 11.8. The molecule has 3 N–H and O–H groups in total. The lowest BCUT2D eigenvalue weighted by Gasteiger charge is -2.07. The van der Waals surface area contributed by atoms with Crippen LogP contribution in [0.1, 0.15) is 0 Å². The number of hydrogen-bond acceptors (Lipinski definition) is 3. The van der Waals surface area contributed by atoms with Crippen molar-refractivity contribution in [1.29, 1.82) is 0 Å². The molecule has 2 rings (SSSR count). The van der Waals surface area contributed by atoms with Gasteiger partial charge >= 0.3 is 0 Å². The van der Waals surface area contributed by atoms with Gasteiger partial charge in [-0.25, -0.2) is 4.98 Å². The van der Waals surface area contributed by atoms with Crippen LogP contribution < -0.4 is 11.1 Å². The van der Waals surface area contributed by atoms with E-state index in [1.54, 1.807) is 24.4 Å². The largest absolute Gasteiger partial charge is 0.397 e. The van der Waals surface area contributed by atoms with Crippen LogP contribution in [0.25, 0.3) is 0 Å². The molecule has 1 aromatic heterocycles. The number of benzene rings is 1. The molecule has 1 aromatic carbocycles. The molecule has 0 aliphatic heterocycles. The van der Waals surface area contributed by atoms with Crippen molar-refractivity contribution < 1.29 is 0 Å². The standard InChI is InChI=1S/C11H9Cl2N3/c12-7-1-3-9(4-2-7)16-11-10(13)5-8(14)6-15-11/h1-6H,14H2,(H,15,16). The van der Waals surface area contributed by atoms with Gasteiger partial charge in [0.2, 0.25) is 0 Å². The van der Waals surface area contributed by atoms with Crippen molar-refractivity contribution in [3.8, 4) is 0 Å². The predicted octanol–water partition coefficient (Wildman–Crippen LogP) is 3.71. The highest BCUT2D eigenvalue weighted by Gasteiger charge is 2.02. The highest BCUT2D eigenvalue weighted by atomic mass is 35.5. The van der Waals surface area contributed by atoms with Crippen molar-refractivity contribution in [3.63, 3.8) is 0 Å². The first-order valence-electron chi connectivity index (χ1n) is 4.59. The first-order valence-corrected chi connectivity index (χ1v) is 5.34. The Morgan fingerprint density at radius 3 is 2.44 bits per heavy atom. The fourth-order valence-electron chi connectivity index (χ4n) is 1.21. The van der Waals surface area contributed by atoms with Crippen LogP contribution >= 0.6 is 23.2 Å². The van der Waals surface area contributed by atoms with E-state index in [0.29, 0.717) is 21.6 Å². The summed E-state index contributed by atoms with van der Waals surface area (Å²) in [4.78, 5) is 4.09. The molecule has 0 amide bonds. The highest BCUT2D eigenvalue weighted by molar-refractivity contribution is 6.33. The molecule has 0 fully saturated rings. The Kier molecular flexibility index (Phi) is 3.17. The average Bonchev–Trinajstić information content (AvgIpc) is 2.25. The Morgan fingerprint density at radius 2 is 1.81 bits per heavy atom. The van der Waals surface area contributed by atoms with Crippen molar-refractivity contribution in [3.05, 3.63) is 46.6 Å². The van der Waals surface area contributed by atoms with E-state index in [-0.39, 0.29) is 0 Å². The summed E-state index contributed by atoms with van der Waals surface area (Å²) in [6.45, 7) is 0. The number of rotatable bonds is 2. The molecule has 3 nitrogen and oxygen atoms in total. The number of aromatic nitrogens is 1. The maximum absolute atomic E-state index is 5.98. The second kappa shape index (κ2) is 4.60. The summed E-state index contributed by atoms with van der Waals surface area (Å²) in [6, 6.07) is 8.91. The lowest BCUT2D eigenvalue weighted by Crippen LogP contribution is -1.95. The molecule has 0 atom stereocenters. The van der Waals surface area contributed by atoms with Crippen molar-refractivity contribution in [2.24, 2.45) is 0 Å². The predicted molar refractivity (Wildman–Crippen MR) is 68.4 cm³/mol. The maximum Gasteiger partial charge on any atom is 0.149 e. The first kappa shape index (κ1) is 11.0. The quantitative estimate of drug-likeness (QED) is 0.858. The van der Waals surface area contributed by atoms with E-state index < -0.39 is 0 Å². The zero-order valence-electron chi connectivity index (χ0n) is 8.24. The molecule has 1 heterocycles. The monoisotopic (exact) mass is 253 g/mol. The summed E-state index contributed by atoms with van der Waals surface area (Å²) in [5.74, 6) is 0.568. The van der Waals surface area contributed by atoms with Crippen molar-refractivity contribution in [1.82, 2.24) is 4.98 Å². The summed E-state index contributed by atoms with van der Waals surface area (Å²) in [7, 11) is 0. The minimum absolute atomic E-state index is 0.481. The number of nitrogens with two attached hydrogens (primary N) is 1. The van der Waals surface area contributed by atoms with Gasteiger partial charge in [0, 0.05) is 10.7 Å². The van der Waals surface area contributed by atoms with Crippen LogP contribution in [0.15, 0.2) is 36.5 Å². The van der Waals surface area contributed by atoms with Crippen LogP contribution in [-0.2, 0) is 0 Å². The van der Waals surface area contributed by atoms with E-state index in [2.05, 4.69) is 10.3 Å². The van der Waals surface area contributed by atoms with Crippen LogP contribution in [0.4, 0.5) is 17.2 Å². The van der Waals surface area contributed by atoms with Gasteiger partial charge < -0.3 is 11.1 Å². The molecule has 0 unspecified atom stereocenters. The molecule has 82 valence electrons. The Balaban J connectivity index is 2.23. The topological polar surface area (TPSA) is 50.9 Å². The molecule has 2 aromatic rings. The summed E-state index contributed by atoms with van der Waals surface area (Å²) in [5, 5.41) is 4.23. The van der Waals surface area contributed by atoms with E-state index >= 15 is 0 Å². The summed E-state index contributed by atoms with van der Waals surface area (Å²) in [5.41, 5.74) is 6.95. The van der Waals surface area contributed by atoms with Gasteiger partial charge in [0.1, 0.15) is 5.82 Å². The third-order valence-corrected chi connectivity index (χ3v) is 2.51. The smallest absolute Gasteiger partial charge is 0.149 e. The minimum Gasteiger partial charge on any atom is -0.397 e. The fraction of sp³-hybridized carbons (Fsp3) is 0. The molecule has 0 bridgehead atoms. The lowest BCUT2D eigenvalue weighted by molar-refractivity contribution is 1.31. The third-order valence-electron chi connectivity index (χ3n) is 1.97. The van der Waals surface area contributed by atoms with Gasteiger partial charge in [0.05, 0.1) is 16.9 Å². The molecule has 5 heteroatoms. The molecule has 0 aliphatic carbocycles. The number of halogens is 2. The van der Waals surface area contributed by atoms with Crippen LogP contribution in [0, 0.1) is 0 Å². The fourth-order valence-corrected chi connectivity index (χ4v) is 1.56. The Hall–Kier alpha value is -1.45. The van der Waals surface area contributed by atoms with Crippen molar-refractivity contribution >= 4 is 40.4 Å². The molecule has 0 radical (unpaired) electrons. The van der Waals surface area contributed by atoms with Gasteiger partial charge in [0.25, 0.3) is 0 Å². The number of anilines is 3. The van der Waals surface area contributed by atoms with Gasteiger partial charge in [0.15, 0.2) is 0 Å². The van der Waals surface area contributed by atoms with E-state index in [1.165, 1.54) is 0 Å². The zero-order valence-corrected chi connectivity index (χ0v) is 9.76. The summed E-state index contributed by atoms with van der Waals surface area (Å²) < 4.78 is 0. The minimum atomic E-state index is 0.481. The van der Waals surface area contributed by atoms with Crippen molar-refractivity contribution in [2.45, 2.75) is 0 Å². The molecule has 0 spiro atoms. The molecular formula is C11H9Cl2N3. The van der Waals surface area contributed by atoms with E-state index in [0.717, 1.165) is 5.69 Å². The number of nitrogen functional groups attached to an aromatic ring is 1. The van der Waals surface area contributed by atoms with E-state index in [4.69, 9.17) is 28.9 Å². The van der Waals surface area contributed by atoms with Crippen LogP contribution in [-0.4, -0.2) is 4.98 Å². The lowest BCUT2D eigenvalue weighted by atomic mass is 10.3. The summed E-state index contributed by atoms with van der Waals surface area (Å²) in [6.07, 6.45) is 1.55. The third kappa shape index (κ3) is 2.56. The Morgan fingerprint density at radius 1 is 1.12 bits per heavy atom. The Labute approximate surface area is 103 Å². The van der Waals surface area contributed by atoms with Crippen LogP contribution in [0.2, 0.25) is 10.0 Å². The molecular weight excluding hydrogens is 245 g/mol.